The molecule has 0 fully saturated rings. The number of rotatable bonds is 5. The van der Waals surface area contributed by atoms with E-state index in [1.54, 1.807) is 41.1 Å². The lowest BCUT2D eigenvalue weighted by Gasteiger charge is -1.99. The van der Waals surface area contributed by atoms with E-state index in [2.05, 4.69) is 22.1 Å². The second-order valence-electron chi connectivity index (χ2n) is 3.01. The van der Waals surface area contributed by atoms with Gasteiger partial charge >= 0.3 is 0 Å². The molecule has 0 amide bonds. The number of aromatic nitrogens is 3. The normalized spacial score (nSPS) is 10.7. The number of hydrogen-bond acceptors (Lipinski definition) is 6. The van der Waals surface area contributed by atoms with Crippen molar-refractivity contribution in [1.29, 1.82) is 0 Å². The molecule has 2 aromatic rings. The summed E-state index contributed by atoms with van der Waals surface area (Å²) in [7, 11) is 0. The smallest absolute Gasteiger partial charge is 0.175 e. The molecule has 0 saturated heterocycles. The maximum atomic E-state index is 5.98. The molecule has 2 aromatic heterocycles. The Labute approximate surface area is 117 Å². The molecule has 0 aliphatic rings. The average Bonchev–Trinajstić information content (AvgIpc) is 2.76. The van der Waals surface area contributed by atoms with Crippen molar-refractivity contribution in [2.24, 2.45) is 0 Å². The second-order valence-corrected chi connectivity index (χ2v) is 7.08. The number of thioether (sulfide) groups is 2. The number of pyridine rings is 1. The first-order chi connectivity index (χ1) is 8.29. The second kappa shape index (κ2) is 6.58. The summed E-state index contributed by atoms with van der Waals surface area (Å²) in [5.74, 6) is 1.80. The van der Waals surface area contributed by atoms with Gasteiger partial charge in [0.25, 0.3) is 0 Å². The van der Waals surface area contributed by atoms with Crippen LogP contribution < -0.4 is 0 Å². The van der Waals surface area contributed by atoms with Gasteiger partial charge < -0.3 is 0 Å². The van der Waals surface area contributed by atoms with Crippen LogP contribution in [-0.4, -0.2) is 20.9 Å². The van der Waals surface area contributed by atoms with Crippen LogP contribution in [0.25, 0.3) is 0 Å². The number of halogens is 1. The van der Waals surface area contributed by atoms with Gasteiger partial charge in [-0.3, -0.25) is 0 Å². The van der Waals surface area contributed by atoms with E-state index in [1.165, 1.54) is 0 Å². The van der Waals surface area contributed by atoms with Gasteiger partial charge in [-0.05, 0) is 17.4 Å². The molecule has 0 aromatic carbocycles. The zero-order valence-electron chi connectivity index (χ0n) is 9.09. The number of hydrogen-bond donors (Lipinski definition) is 0. The highest BCUT2D eigenvalue weighted by atomic mass is 35.5. The van der Waals surface area contributed by atoms with E-state index < -0.39 is 0 Å². The molecule has 0 bridgehead atoms. The molecular formula is C10H10ClN3S3. The lowest BCUT2D eigenvalue weighted by atomic mass is 10.3. The molecule has 0 unspecified atom stereocenters. The summed E-state index contributed by atoms with van der Waals surface area (Å²) in [4.78, 5) is 4.04. The van der Waals surface area contributed by atoms with Crippen molar-refractivity contribution in [1.82, 2.24) is 15.2 Å². The summed E-state index contributed by atoms with van der Waals surface area (Å²) >= 11 is 11.0. The average molecular weight is 304 g/mol. The van der Waals surface area contributed by atoms with E-state index in [0.717, 1.165) is 25.7 Å². The van der Waals surface area contributed by atoms with Crippen molar-refractivity contribution < 1.29 is 0 Å². The zero-order valence-corrected chi connectivity index (χ0v) is 12.3. The largest absolute Gasteiger partial charge is 0.244 e. The van der Waals surface area contributed by atoms with Crippen molar-refractivity contribution >= 4 is 46.5 Å². The highest BCUT2D eigenvalue weighted by molar-refractivity contribution is 8.02. The Morgan fingerprint density at radius 1 is 1.29 bits per heavy atom. The van der Waals surface area contributed by atoms with E-state index >= 15 is 0 Å². The van der Waals surface area contributed by atoms with E-state index in [0.29, 0.717) is 5.15 Å². The Hall–Kier alpha value is -0.300. The molecule has 90 valence electrons. The third-order valence-corrected chi connectivity index (χ3v) is 5.30. The monoisotopic (exact) mass is 303 g/mol. The van der Waals surface area contributed by atoms with Crippen LogP contribution in [0.15, 0.2) is 27.0 Å². The fourth-order valence-corrected chi connectivity index (χ4v) is 4.27. The molecule has 0 radical (unpaired) electrons. The Kier molecular flexibility index (Phi) is 5.09. The molecular weight excluding hydrogens is 294 g/mol. The van der Waals surface area contributed by atoms with Gasteiger partial charge in [-0.25, -0.2) is 4.98 Å². The van der Waals surface area contributed by atoms with Gasteiger partial charge in [-0.1, -0.05) is 59.5 Å². The van der Waals surface area contributed by atoms with Crippen molar-refractivity contribution in [3.05, 3.63) is 29.0 Å². The van der Waals surface area contributed by atoms with Crippen molar-refractivity contribution in [3.8, 4) is 0 Å². The minimum Gasteiger partial charge on any atom is -0.244 e. The molecule has 0 aliphatic carbocycles. The molecule has 0 saturated carbocycles. The fraction of sp³-hybridized carbons (Fsp3) is 0.300. The SMILES string of the molecule is CCSc1nnc(SCc2cccnc2Cl)s1. The predicted octanol–water partition coefficient (Wildman–Crippen LogP) is 3.99. The Bertz CT molecular complexity index is 489. The number of nitrogens with zero attached hydrogens (tertiary/aromatic N) is 3. The predicted molar refractivity (Wildman–Crippen MR) is 75.1 cm³/mol. The van der Waals surface area contributed by atoms with E-state index in [4.69, 9.17) is 11.6 Å². The standard InChI is InChI=1S/C10H10ClN3S3/c1-2-15-9-13-14-10(17-9)16-6-7-4-3-5-12-8(7)11/h3-5H,2,6H2,1H3. The molecule has 7 heteroatoms. The first-order valence-corrected chi connectivity index (χ1v) is 8.14. The van der Waals surface area contributed by atoms with Crippen LogP contribution in [0.4, 0.5) is 0 Å². The van der Waals surface area contributed by atoms with Crippen LogP contribution in [0.1, 0.15) is 12.5 Å². The maximum absolute atomic E-state index is 5.98. The van der Waals surface area contributed by atoms with Crippen LogP contribution in [0.2, 0.25) is 5.15 Å². The summed E-state index contributed by atoms with van der Waals surface area (Å²) in [5.41, 5.74) is 1.03. The highest BCUT2D eigenvalue weighted by Gasteiger charge is 2.06. The molecule has 2 rings (SSSR count). The maximum Gasteiger partial charge on any atom is 0.175 e. The van der Waals surface area contributed by atoms with Gasteiger partial charge in [0.15, 0.2) is 8.68 Å². The molecule has 0 spiro atoms. The van der Waals surface area contributed by atoms with Gasteiger partial charge in [-0.2, -0.15) is 0 Å². The Morgan fingerprint density at radius 3 is 2.76 bits per heavy atom. The summed E-state index contributed by atoms with van der Waals surface area (Å²) in [6, 6.07) is 3.87. The molecule has 0 N–H and O–H groups in total. The quantitative estimate of drug-likeness (QED) is 0.617. The van der Waals surface area contributed by atoms with Crippen LogP contribution >= 0.6 is 46.5 Å². The van der Waals surface area contributed by atoms with Gasteiger partial charge in [0.05, 0.1) is 0 Å². The topological polar surface area (TPSA) is 38.7 Å². The highest BCUT2D eigenvalue weighted by Crippen LogP contribution is 2.31. The summed E-state index contributed by atoms with van der Waals surface area (Å²) in [5, 5.41) is 8.79. The lowest BCUT2D eigenvalue weighted by Crippen LogP contribution is -1.84. The fourth-order valence-electron chi connectivity index (χ4n) is 1.10. The zero-order chi connectivity index (χ0) is 12.1. The molecule has 17 heavy (non-hydrogen) atoms. The third kappa shape index (κ3) is 3.84. The molecule has 0 aliphatic heterocycles. The van der Waals surface area contributed by atoms with Crippen LogP contribution in [0.3, 0.4) is 0 Å². The first kappa shape index (κ1) is 13.1. The first-order valence-electron chi connectivity index (χ1n) is 4.98. The van der Waals surface area contributed by atoms with Crippen molar-refractivity contribution in [3.63, 3.8) is 0 Å². The van der Waals surface area contributed by atoms with Crippen LogP contribution in [-0.2, 0) is 5.75 Å². The minimum absolute atomic E-state index is 0.563. The van der Waals surface area contributed by atoms with E-state index in [9.17, 15) is 0 Å². The summed E-state index contributed by atoms with van der Waals surface area (Å²) < 4.78 is 1.99. The van der Waals surface area contributed by atoms with E-state index in [-0.39, 0.29) is 0 Å². The molecule has 2 heterocycles. The minimum atomic E-state index is 0.563. The Balaban J connectivity index is 1.95. The van der Waals surface area contributed by atoms with Crippen LogP contribution in [0, 0.1) is 0 Å². The van der Waals surface area contributed by atoms with Crippen molar-refractivity contribution in [2.45, 2.75) is 21.4 Å². The lowest BCUT2D eigenvalue weighted by molar-refractivity contribution is 0.954. The Morgan fingerprint density at radius 2 is 2.06 bits per heavy atom. The van der Waals surface area contributed by atoms with Crippen LogP contribution in [0.5, 0.6) is 0 Å². The molecule has 0 atom stereocenters. The third-order valence-electron chi connectivity index (χ3n) is 1.84. The van der Waals surface area contributed by atoms with E-state index in [1.807, 2.05) is 12.1 Å². The summed E-state index contributed by atoms with van der Waals surface area (Å²) in [6.07, 6.45) is 1.69. The van der Waals surface area contributed by atoms with Gasteiger partial charge in [0, 0.05) is 11.9 Å². The van der Waals surface area contributed by atoms with Gasteiger partial charge in [-0.15, -0.1) is 10.2 Å². The van der Waals surface area contributed by atoms with Crippen molar-refractivity contribution in [2.75, 3.05) is 5.75 Å². The van der Waals surface area contributed by atoms with Gasteiger partial charge in [0.1, 0.15) is 5.15 Å². The van der Waals surface area contributed by atoms with Gasteiger partial charge in [0.2, 0.25) is 0 Å². The molecule has 3 nitrogen and oxygen atoms in total. The summed E-state index contributed by atoms with van der Waals surface area (Å²) in [6.45, 7) is 2.11.